The van der Waals surface area contributed by atoms with E-state index in [1.807, 2.05) is 6.92 Å². The van der Waals surface area contributed by atoms with Gasteiger partial charge in [-0.1, -0.05) is 24.3 Å². The van der Waals surface area contributed by atoms with Gasteiger partial charge in [0.25, 0.3) is 0 Å². The molecule has 0 amide bonds. The van der Waals surface area contributed by atoms with Gasteiger partial charge in [0.2, 0.25) is 0 Å². The number of nitrogens with one attached hydrogen (secondary N) is 2. The van der Waals surface area contributed by atoms with Crippen LogP contribution in [0, 0.1) is 26.2 Å². The summed E-state index contributed by atoms with van der Waals surface area (Å²) < 4.78 is 0. The van der Waals surface area contributed by atoms with Crippen molar-refractivity contribution < 1.29 is 0 Å². The lowest BCUT2D eigenvalue weighted by molar-refractivity contribution is 0.247. The first-order chi connectivity index (χ1) is 15.5. The van der Waals surface area contributed by atoms with Crippen molar-refractivity contribution >= 4 is 22.3 Å². The Balaban J connectivity index is 1.43. The zero-order valence-electron chi connectivity index (χ0n) is 19.8. The molecule has 5 heteroatoms. The zero-order valence-corrected chi connectivity index (χ0v) is 19.8. The first-order valence-electron chi connectivity index (χ1n) is 12.0. The minimum Gasteiger partial charge on any atom is -0.371 e. The van der Waals surface area contributed by atoms with E-state index in [9.17, 15) is 0 Å². The molecule has 2 N–H and O–H groups in total. The Morgan fingerprint density at radius 3 is 2.56 bits per heavy atom. The van der Waals surface area contributed by atoms with Crippen LogP contribution in [0.25, 0.3) is 10.8 Å². The lowest BCUT2D eigenvalue weighted by atomic mass is 9.78. The SMILES string of the molecule is Cc1cccc([C@@H](C)Nc2nnc(C)c3ccc(N4CCC5(CCNC5)CC4)cc23)c1C. The van der Waals surface area contributed by atoms with Crippen molar-refractivity contribution in [2.24, 2.45) is 5.41 Å². The van der Waals surface area contributed by atoms with Crippen LogP contribution >= 0.6 is 0 Å². The minimum atomic E-state index is 0.156. The molecule has 168 valence electrons. The maximum absolute atomic E-state index is 4.58. The van der Waals surface area contributed by atoms with Gasteiger partial charge < -0.3 is 15.5 Å². The van der Waals surface area contributed by atoms with Gasteiger partial charge in [0.1, 0.15) is 0 Å². The molecule has 0 aliphatic carbocycles. The molecule has 2 aromatic carbocycles. The second-order valence-electron chi connectivity index (χ2n) is 9.93. The second kappa shape index (κ2) is 8.36. The fourth-order valence-corrected chi connectivity index (χ4v) is 5.57. The summed E-state index contributed by atoms with van der Waals surface area (Å²) in [4.78, 5) is 2.55. The molecule has 2 saturated heterocycles. The molecular weight excluding hydrogens is 394 g/mol. The molecule has 2 aliphatic heterocycles. The molecule has 0 saturated carbocycles. The third kappa shape index (κ3) is 3.83. The van der Waals surface area contributed by atoms with E-state index in [0.29, 0.717) is 5.41 Å². The molecule has 0 bridgehead atoms. The fraction of sp³-hybridized carbons (Fsp3) is 0.481. The van der Waals surface area contributed by atoms with Gasteiger partial charge in [-0.05, 0) is 87.7 Å². The van der Waals surface area contributed by atoms with Gasteiger partial charge in [0, 0.05) is 36.1 Å². The number of nitrogens with zero attached hydrogens (tertiary/aromatic N) is 3. The molecule has 0 unspecified atom stereocenters. The van der Waals surface area contributed by atoms with E-state index in [4.69, 9.17) is 0 Å². The smallest absolute Gasteiger partial charge is 0.157 e. The van der Waals surface area contributed by atoms with Crippen molar-refractivity contribution in [2.75, 3.05) is 36.4 Å². The molecule has 3 heterocycles. The lowest BCUT2D eigenvalue weighted by Crippen LogP contribution is -2.41. The maximum atomic E-state index is 4.58. The van der Waals surface area contributed by atoms with E-state index in [-0.39, 0.29) is 6.04 Å². The van der Waals surface area contributed by atoms with E-state index in [2.05, 4.69) is 82.9 Å². The van der Waals surface area contributed by atoms with Crippen molar-refractivity contribution in [3.63, 3.8) is 0 Å². The highest BCUT2D eigenvalue weighted by Crippen LogP contribution is 2.39. The Hall–Kier alpha value is -2.66. The molecule has 3 aromatic rings. The van der Waals surface area contributed by atoms with Crippen LogP contribution in [0.3, 0.4) is 0 Å². The number of rotatable bonds is 4. The van der Waals surface area contributed by atoms with Crippen molar-refractivity contribution in [3.8, 4) is 0 Å². The van der Waals surface area contributed by atoms with Crippen LogP contribution in [0.4, 0.5) is 11.5 Å². The summed E-state index contributed by atoms with van der Waals surface area (Å²) in [5.41, 5.74) is 6.77. The average Bonchev–Trinajstić information content (AvgIpc) is 3.25. The van der Waals surface area contributed by atoms with E-state index < -0.39 is 0 Å². The highest BCUT2D eigenvalue weighted by molar-refractivity contribution is 5.95. The van der Waals surface area contributed by atoms with Crippen LogP contribution in [-0.2, 0) is 0 Å². The average molecular weight is 430 g/mol. The predicted octanol–water partition coefficient (Wildman–Crippen LogP) is 5.31. The van der Waals surface area contributed by atoms with Gasteiger partial charge in [-0.25, -0.2) is 0 Å². The third-order valence-electron chi connectivity index (χ3n) is 7.94. The maximum Gasteiger partial charge on any atom is 0.157 e. The quantitative estimate of drug-likeness (QED) is 0.589. The van der Waals surface area contributed by atoms with Crippen LogP contribution in [-0.4, -0.2) is 36.4 Å². The Labute approximate surface area is 191 Å². The van der Waals surface area contributed by atoms with Gasteiger partial charge in [0.15, 0.2) is 5.82 Å². The largest absolute Gasteiger partial charge is 0.371 e. The van der Waals surface area contributed by atoms with Crippen molar-refractivity contribution in [2.45, 2.75) is 53.0 Å². The standard InChI is InChI=1S/C27H35N5/c1-18-6-5-7-23(19(18)2)20(3)29-26-25-16-22(8-9-24(25)21(4)30-31-26)32-14-11-27(12-15-32)10-13-28-17-27/h5-9,16,20,28H,10-15,17H2,1-4H3,(H,29,31)/t20-/m1/s1. The van der Waals surface area contributed by atoms with Crippen LogP contribution in [0.2, 0.25) is 0 Å². The third-order valence-corrected chi connectivity index (χ3v) is 7.94. The van der Waals surface area contributed by atoms with Gasteiger partial charge in [0.05, 0.1) is 11.7 Å². The summed E-state index contributed by atoms with van der Waals surface area (Å²) in [7, 11) is 0. The summed E-state index contributed by atoms with van der Waals surface area (Å²) in [6, 6.07) is 13.5. The number of aromatic nitrogens is 2. The number of piperidine rings is 1. The van der Waals surface area contributed by atoms with Crippen LogP contribution in [0.1, 0.15) is 54.6 Å². The normalized spacial score (nSPS) is 18.9. The van der Waals surface area contributed by atoms with Gasteiger partial charge in [-0.3, -0.25) is 0 Å². The minimum absolute atomic E-state index is 0.156. The van der Waals surface area contributed by atoms with Gasteiger partial charge >= 0.3 is 0 Å². The summed E-state index contributed by atoms with van der Waals surface area (Å²) in [5.74, 6) is 0.870. The Bertz CT molecular complexity index is 1120. The molecule has 1 aromatic heterocycles. The number of benzene rings is 2. The molecule has 2 fully saturated rings. The summed E-state index contributed by atoms with van der Waals surface area (Å²) in [6.45, 7) is 13.3. The molecular formula is C27H35N5. The van der Waals surface area contributed by atoms with Crippen LogP contribution in [0.15, 0.2) is 36.4 Å². The topological polar surface area (TPSA) is 53.1 Å². The van der Waals surface area contributed by atoms with Crippen LogP contribution < -0.4 is 15.5 Å². The molecule has 5 rings (SSSR count). The first-order valence-corrected chi connectivity index (χ1v) is 12.0. The molecule has 0 radical (unpaired) electrons. The highest BCUT2D eigenvalue weighted by Gasteiger charge is 2.37. The molecule has 1 atom stereocenters. The van der Waals surface area contributed by atoms with Gasteiger partial charge in [-0.15, -0.1) is 5.10 Å². The van der Waals surface area contributed by atoms with Crippen molar-refractivity contribution in [3.05, 3.63) is 58.8 Å². The zero-order chi connectivity index (χ0) is 22.3. The van der Waals surface area contributed by atoms with Gasteiger partial charge in [-0.2, -0.15) is 5.10 Å². The van der Waals surface area contributed by atoms with E-state index in [1.54, 1.807) is 0 Å². The van der Waals surface area contributed by atoms with Crippen LogP contribution in [0.5, 0.6) is 0 Å². The second-order valence-corrected chi connectivity index (χ2v) is 9.93. The fourth-order valence-electron chi connectivity index (χ4n) is 5.57. The Morgan fingerprint density at radius 2 is 1.81 bits per heavy atom. The highest BCUT2D eigenvalue weighted by atomic mass is 15.2. The number of hydrogen-bond acceptors (Lipinski definition) is 5. The molecule has 32 heavy (non-hydrogen) atoms. The van der Waals surface area contributed by atoms with E-state index >= 15 is 0 Å². The van der Waals surface area contributed by atoms with Crippen molar-refractivity contribution in [1.29, 1.82) is 0 Å². The predicted molar refractivity (Wildman–Crippen MR) is 134 cm³/mol. The number of fused-ring (bicyclic) bond motifs is 1. The Kier molecular flexibility index (Phi) is 5.54. The van der Waals surface area contributed by atoms with E-state index in [1.165, 1.54) is 60.1 Å². The summed E-state index contributed by atoms with van der Waals surface area (Å²) in [6.07, 6.45) is 3.89. The first kappa shape index (κ1) is 21.2. The molecule has 5 nitrogen and oxygen atoms in total. The summed E-state index contributed by atoms with van der Waals surface area (Å²) in [5, 5.41) is 18.6. The van der Waals surface area contributed by atoms with E-state index in [0.717, 1.165) is 30.0 Å². The Morgan fingerprint density at radius 1 is 1.00 bits per heavy atom. The van der Waals surface area contributed by atoms with Crippen molar-refractivity contribution in [1.82, 2.24) is 15.5 Å². The molecule has 1 spiro atoms. The lowest BCUT2D eigenvalue weighted by Gasteiger charge is -2.40. The number of anilines is 2. The monoisotopic (exact) mass is 429 g/mol. The molecule has 2 aliphatic rings. The number of hydrogen-bond donors (Lipinski definition) is 2. The summed E-state index contributed by atoms with van der Waals surface area (Å²) >= 11 is 0. The number of aryl methyl sites for hydroxylation is 2.